The fourth-order valence-corrected chi connectivity index (χ4v) is 1.26. The molecule has 94 valence electrons. The minimum Gasteiger partial charge on any atom is -0.508 e. The Labute approximate surface area is 104 Å². The molecule has 0 fully saturated rings. The SMILES string of the molecule is COc1cc(OC)nc(Oc2ccc(O)cc2)n1. The number of hydrogen-bond donors (Lipinski definition) is 1. The third kappa shape index (κ3) is 2.79. The molecule has 6 heteroatoms. The van der Waals surface area contributed by atoms with E-state index in [0.717, 1.165) is 0 Å². The van der Waals surface area contributed by atoms with Crippen LogP contribution in [-0.4, -0.2) is 29.3 Å². The number of aromatic nitrogens is 2. The smallest absolute Gasteiger partial charge is 0.328 e. The molecule has 2 aromatic rings. The Balaban J connectivity index is 2.25. The number of phenolic OH excluding ortho intramolecular Hbond substituents is 1. The Morgan fingerprint density at radius 3 is 2.00 bits per heavy atom. The van der Waals surface area contributed by atoms with Gasteiger partial charge in [0.05, 0.1) is 20.3 Å². The minimum absolute atomic E-state index is 0.108. The molecule has 1 N–H and O–H groups in total. The maximum Gasteiger partial charge on any atom is 0.328 e. The lowest BCUT2D eigenvalue weighted by Crippen LogP contribution is -1.97. The predicted molar refractivity (Wildman–Crippen MR) is 63.3 cm³/mol. The number of aromatic hydroxyl groups is 1. The molecule has 1 aromatic carbocycles. The van der Waals surface area contributed by atoms with Gasteiger partial charge < -0.3 is 19.3 Å². The van der Waals surface area contributed by atoms with E-state index in [1.54, 1.807) is 18.2 Å². The zero-order valence-electron chi connectivity index (χ0n) is 9.95. The van der Waals surface area contributed by atoms with Gasteiger partial charge in [0, 0.05) is 0 Å². The van der Waals surface area contributed by atoms with Gasteiger partial charge in [-0.1, -0.05) is 0 Å². The van der Waals surface area contributed by atoms with E-state index in [0.29, 0.717) is 17.5 Å². The first kappa shape index (κ1) is 12.0. The topological polar surface area (TPSA) is 73.7 Å². The second-order valence-corrected chi connectivity index (χ2v) is 3.33. The Bertz CT molecular complexity index is 506. The van der Waals surface area contributed by atoms with Gasteiger partial charge in [-0.3, -0.25) is 0 Å². The van der Waals surface area contributed by atoms with E-state index in [9.17, 15) is 0 Å². The number of ether oxygens (including phenoxy) is 3. The zero-order valence-corrected chi connectivity index (χ0v) is 9.95. The third-order valence-corrected chi connectivity index (χ3v) is 2.12. The Kier molecular flexibility index (Phi) is 3.47. The van der Waals surface area contributed by atoms with E-state index in [4.69, 9.17) is 19.3 Å². The summed E-state index contributed by atoms with van der Waals surface area (Å²) in [6.07, 6.45) is 0. The number of phenols is 1. The normalized spacial score (nSPS) is 9.89. The van der Waals surface area contributed by atoms with Crippen LogP contribution in [0, 0.1) is 0 Å². The van der Waals surface area contributed by atoms with Crippen molar-refractivity contribution in [2.75, 3.05) is 14.2 Å². The van der Waals surface area contributed by atoms with Crippen molar-refractivity contribution in [1.29, 1.82) is 0 Å². The van der Waals surface area contributed by atoms with E-state index in [2.05, 4.69) is 9.97 Å². The molecule has 0 aliphatic heterocycles. The molecular formula is C12H12N2O4. The highest BCUT2D eigenvalue weighted by atomic mass is 16.5. The molecule has 6 nitrogen and oxygen atoms in total. The van der Waals surface area contributed by atoms with Gasteiger partial charge in [-0.25, -0.2) is 0 Å². The van der Waals surface area contributed by atoms with Crippen molar-refractivity contribution in [1.82, 2.24) is 9.97 Å². The molecule has 0 spiro atoms. The maximum absolute atomic E-state index is 9.16. The molecule has 0 amide bonds. The molecule has 0 aliphatic rings. The quantitative estimate of drug-likeness (QED) is 0.891. The summed E-state index contributed by atoms with van der Waals surface area (Å²) in [5.74, 6) is 1.35. The molecule has 0 bridgehead atoms. The highest BCUT2D eigenvalue weighted by molar-refractivity contribution is 5.32. The minimum atomic E-state index is 0.108. The van der Waals surface area contributed by atoms with Crippen LogP contribution in [0.4, 0.5) is 0 Å². The van der Waals surface area contributed by atoms with Crippen LogP contribution in [0.1, 0.15) is 0 Å². The van der Waals surface area contributed by atoms with Crippen LogP contribution < -0.4 is 14.2 Å². The fourth-order valence-electron chi connectivity index (χ4n) is 1.26. The molecule has 0 radical (unpaired) electrons. The molecule has 1 heterocycles. The summed E-state index contributed by atoms with van der Waals surface area (Å²) < 4.78 is 15.4. The van der Waals surface area contributed by atoms with E-state index >= 15 is 0 Å². The average molecular weight is 248 g/mol. The summed E-state index contributed by atoms with van der Waals surface area (Å²) in [5.41, 5.74) is 0. The van der Waals surface area contributed by atoms with E-state index < -0.39 is 0 Å². The number of rotatable bonds is 4. The van der Waals surface area contributed by atoms with Gasteiger partial charge in [0.25, 0.3) is 0 Å². The molecular weight excluding hydrogens is 236 g/mol. The van der Waals surface area contributed by atoms with Crippen molar-refractivity contribution < 1.29 is 19.3 Å². The van der Waals surface area contributed by atoms with Gasteiger partial charge >= 0.3 is 6.01 Å². The van der Waals surface area contributed by atoms with Crippen molar-refractivity contribution >= 4 is 0 Å². The van der Waals surface area contributed by atoms with Crippen LogP contribution in [-0.2, 0) is 0 Å². The fraction of sp³-hybridized carbons (Fsp3) is 0.167. The molecule has 0 aliphatic carbocycles. The molecule has 1 aromatic heterocycles. The number of benzene rings is 1. The summed E-state index contributed by atoms with van der Waals surface area (Å²) in [7, 11) is 2.98. The van der Waals surface area contributed by atoms with Crippen molar-refractivity contribution in [2.24, 2.45) is 0 Å². The van der Waals surface area contributed by atoms with Gasteiger partial charge in [-0.15, -0.1) is 0 Å². The van der Waals surface area contributed by atoms with Crippen molar-refractivity contribution in [3.8, 4) is 29.3 Å². The summed E-state index contributed by atoms with van der Waals surface area (Å²) in [5, 5.41) is 9.16. The second kappa shape index (κ2) is 5.22. The van der Waals surface area contributed by atoms with Crippen LogP contribution in [0.5, 0.6) is 29.3 Å². The van der Waals surface area contributed by atoms with Gasteiger partial charge in [-0.05, 0) is 24.3 Å². The van der Waals surface area contributed by atoms with E-state index in [1.807, 2.05) is 0 Å². The van der Waals surface area contributed by atoms with E-state index in [-0.39, 0.29) is 11.8 Å². The lowest BCUT2D eigenvalue weighted by Gasteiger charge is -2.07. The van der Waals surface area contributed by atoms with Crippen molar-refractivity contribution in [3.05, 3.63) is 30.3 Å². The standard InChI is InChI=1S/C12H12N2O4/c1-16-10-7-11(17-2)14-12(13-10)18-9-5-3-8(15)4-6-9/h3-7,15H,1-2H3. The molecule has 0 unspecified atom stereocenters. The first-order chi connectivity index (χ1) is 8.71. The molecule has 0 saturated heterocycles. The lowest BCUT2D eigenvalue weighted by molar-refractivity contribution is 0.348. The maximum atomic E-state index is 9.16. The monoisotopic (exact) mass is 248 g/mol. The predicted octanol–water partition coefficient (Wildman–Crippen LogP) is 1.99. The first-order valence-electron chi connectivity index (χ1n) is 5.15. The molecule has 0 saturated carbocycles. The molecule has 2 rings (SSSR count). The van der Waals surface area contributed by atoms with Crippen LogP contribution in [0.2, 0.25) is 0 Å². The van der Waals surface area contributed by atoms with Gasteiger partial charge in [0.2, 0.25) is 11.8 Å². The average Bonchev–Trinajstić information content (AvgIpc) is 2.41. The van der Waals surface area contributed by atoms with Crippen LogP contribution in [0.3, 0.4) is 0 Å². The van der Waals surface area contributed by atoms with Crippen LogP contribution in [0.15, 0.2) is 30.3 Å². The van der Waals surface area contributed by atoms with Crippen LogP contribution in [0.25, 0.3) is 0 Å². The van der Waals surface area contributed by atoms with Crippen LogP contribution >= 0.6 is 0 Å². The van der Waals surface area contributed by atoms with Gasteiger partial charge in [-0.2, -0.15) is 9.97 Å². The Morgan fingerprint density at radius 2 is 1.50 bits per heavy atom. The van der Waals surface area contributed by atoms with Gasteiger partial charge in [0.1, 0.15) is 11.5 Å². The summed E-state index contributed by atoms with van der Waals surface area (Å²) in [6.45, 7) is 0. The summed E-state index contributed by atoms with van der Waals surface area (Å²) >= 11 is 0. The number of nitrogens with zero attached hydrogens (tertiary/aromatic N) is 2. The second-order valence-electron chi connectivity index (χ2n) is 3.33. The Hall–Kier alpha value is -2.50. The summed E-state index contributed by atoms with van der Waals surface area (Å²) in [6, 6.07) is 7.87. The highest BCUT2D eigenvalue weighted by Crippen LogP contribution is 2.24. The Morgan fingerprint density at radius 1 is 0.944 bits per heavy atom. The third-order valence-electron chi connectivity index (χ3n) is 2.12. The number of hydrogen-bond acceptors (Lipinski definition) is 6. The highest BCUT2D eigenvalue weighted by Gasteiger charge is 2.07. The molecule has 18 heavy (non-hydrogen) atoms. The van der Waals surface area contributed by atoms with Crippen molar-refractivity contribution in [2.45, 2.75) is 0 Å². The van der Waals surface area contributed by atoms with E-state index in [1.165, 1.54) is 26.4 Å². The lowest BCUT2D eigenvalue weighted by atomic mass is 10.3. The summed E-state index contributed by atoms with van der Waals surface area (Å²) in [4.78, 5) is 8.04. The molecule has 0 atom stereocenters. The zero-order chi connectivity index (χ0) is 13.0. The largest absolute Gasteiger partial charge is 0.508 e. The first-order valence-corrected chi connectivity index (χ1v) is 5.15. The number of methoxy groups -OCH3 is 2. The van der Waals surface area contributed by atoms with Gasteiger partial charge in [0.15, 0.2) is 0 Å². The van der Waals surface area contributed by atoms with Crippen molar-refractivity contribution in [3.63, 3.8) is 0 Å².